The van der Waals surface area contributed by atoms with Crippen LogP contribution in [0.5, 0.6) is 0 Å². The van der Waals surface area contributed by atoms with Crippen molar-refractivity contribution >= 4 is 33.8 Å². The molecule has 0 aliphatic carbocycles. The highest BCUT2D eigenvalue weighted by atomic mass is 79.9. The summed E-state index contributed by atoms with van der Waals surface area (Å²) in [5.74, 6) is -1.28. The summed E-state index contributed by atoms with van der Waals surface area (Å²) < 4.78 is 0. The first-order valence-electron chi connectivity index (χ1n) is 5.29. The number of alkyl halides is 1. The molecule has 0 fully saturated rings. The third-order valence-electron chi connectivity index (χ3n) is 2.37. The van der Waals surface area contributed by atoms with Gasteiger partial charge in [0.1, 0.15) is 0 Å². The molecule has 1 unspecified atom stereocenters. The van der Waals surface area contributed by atoms with Crippen molar-refractivity contribution in [2.24, 2.45) is 0 Å². The number of aliphatic carboxylic acids is 1. The minimum Gasteiger partial charge on any atom is -0.478 e. The van der Waals surface area contributed by atoms with Gasteiger partial charge in [-0.1, -0.05) is 34.1 Å². The van der Waals surface area contributed by atoms with Crippen molar-refractivity contribution in [2.45, 2.75) is 18.4 Å². The Bertz CT molecular complexity index is 492. The summed E-state index contributed by atoms with van der Waals surface area (Å²) in [6.45, 7) is 1.41. The average Bonchev–Trinajstić information content (AvgIpc) is 2.34. The Balaban J connectivity index is 3.33. The lowest BCUT2D eigenvalue weighted by Crippen LogP contribution is -2.14. The molecule has 18 heavy (non-hydrogen) atoms. The fraction of sp³-hybridized carbons (Fsp3) is 0.231. The lowest BCUT2D eigenvalue weighted by Gasteiger charge is -2.11. The van der Waals surface area contributed by atoms with E-state index >= 15 is 0 Å². The molecule has 0 aliphatic rings. The number of carbonyl (C=O) groups is 2. The maximum absolute atomic E-state index is 12.1. The standard InChI is InChI=1S/C13H13BrO4/c1-8(14)13(18)12-9(5-6-11(16)17)3-2-4-10(12)7-15/h2-6,8,15H,7H2,1H3,(H,16,17). The van der Waals surface area contributed by atoms with Gasteiger partial charge in [0.05, 0.1) is 11.4 Å². The summed E-state index contributed by atoms with van der Waals surface area (Å²) in [6, 6.07) is 4.95. The Morgan fingerprint density at radius 2 is 2.11 bits per heavy atom. The molecule has 1 aromatic rings. The molecule has 0 radical (unpaired) electrons. The van der Waals surface area contributed by atoms with E-state index in [1.54, 1.807) is 25.1 Å². The van der Waals surface area contributed by atoms with E-state index in [0.717, 1.165) is 6.08 Å². The van der Waals surface area contributed by atoms with Crippen molar-refractivity contribution in [2.75, 3.05) is 0 Å². The number of aliphatic hydroxyl groups is 1. The molecule has 0 heterocycles. The smallest absolute Gasteiger partial charge is 0.328 e. The Labute approximate surface area is 113 Å². The minimum absolute atomic E-state index is 0.190. The molecule has 5 heteroatoms. The number of hydrogen-bond acceptors (Lipinski definition) is 3. The second kappa shape index (κ2) is 6.47. The number of carboxylic acids is 1. The van der Waals surface area contributed by atoms with Gasteiger partial charge >= 0.3 is 5.97 Å². The first-order chi connectivity index (χ1) is 8.47. The van der Waals surface area contributed by atoms with Crippen LogP contribution in [0.2, 0.25) is 0 Å². The highest BCUT2D eigenvalue weighted by molar-refractivity contribution is 9.10. The largest absolute Gasteiger partial charge is 0.478 e. The molecule has 0 saturated carbocycles. The van der Waals surface area contributed by atoms with Crippen molar-refractivity contribution < 1.29 is 19.8 Å². The zero-order chi connectivity index (χ0) is 13.7. The van der Waals surface area contributed by atoms with Gasteiger partial charge in [0, 0.05) is 11.6 Å². The zero-order valence-electron chi connectivity index (χ0n) is 9.76. The van der Waals surface area contributed by atoms with Crippen LogP contribution in [-0.2, 0) is 11.4 Å². The van der Waals surface area contributed by atoms with Crippen LogP contribution in [0.1, 0.15) is 28.4 Å². The number of halogens is 1. The normalized spacial score (nSPS) is 12.6. The van der Waals surface area contributed by atoms with E-state index in [4.69, 9.17) is 5.11 Å². The summed E-state index contributed by atoms with van der Waals surface area (Å²) in [5, 5.41) is 17.9. The molecule has 1 atom stereocenters. The molecule has 0 spiro atoms. The van der Waals surface area contributed by atoms with Crippen molar-refractivity contribution in [1.82, 2.24) is 0 Å². The van der Waals surface area contributed by atoms with Gasteiger partial charge in [-0.3, -0.25) is 4.79 Å². The van der Waals surface area contributed by atoms with Crippen LogP contribution in [0.4, 0.5) is 0 Å². The van der Waals surface area contributed by atoms with Gasteiger partial charge in [0.15, 0.2) is 5.78 Å². The highest BCUT2D eigenvalue weighted by Gasteiger charge is 2.18. The van der Waals surface area contributed by atoms with E-state index < -0.39 is 10.8 Å². The molecule has 96 valence electrons. The summed E-state index contributed by atoms with van der Waals surface area (Å²) in [5.41, 5.74) is 1.32. The van der Waals surface area contributed by atoms with E-state index in [1.165, 1.54) is 6.08 Å². The molecule has 0 amide bonds. The zero-order valence-corrected chi connectivity index (χ0v) is 11.3. The highest BCUT2D eigenvalue weighted by Crippen LogP contribution is 2.21. The molecule has 0 bridgehead atoms. The second-order valence-electron chi connectivity index (χ2n) is 3.69. The van der Waals surface area contributed by atoms with Crippen LogP contribution in [-0.4, -0.2) is 26.8 Å². The van der Waals surface area contributed by atoms with Gasteiger partial charge in [0.2, 0.25) is 0 Å². The summed E-state index contributed by atoms with van der Waals surface area (Å²) in [7, 11) is 0. The number of benzene rings is 1. The van der Waals surface area contributed by atoms with E-state index in [2.05, 4.69) is 15.9 Å². The van der Waals surface area contributed by atoms with Gasteiger partial charge in [0.25, 0.3) is 0 Å². The third-order valence-corrected chi connectivity index (χ3v) is 2.78. The van der Waals surface area contributed by atoms with Crippen LogP contribution < -0.4 is 0 Å². The van der Waals surface area contributed by atoms with Crippen molar-refractivity contribution in [3.05, 3.63) is 41.0 Å². The Hall–Kier alpha value is -1.46. The number of ketones is 1. The first kappa shape index (κ1) is 14.6. The molecule has 0 aliphatic heterocycles. The molecule has 1 aromatic carbocycles. The second-order valence-corrected chi connectivity index (χ2v) is 5.06. The summed E-state index contributed by atoms with van der Waals surface area (Å²) >= 11 is 3.18. The predicted octanol–water partition coefficient (Wildman–Crippen LogP) is 2.24. The van der Waals surface area contributed by atoms with Crippen LogP contribution in [0.25, 0.3) is 6.08 Å². The molecular formula is C13H13BrO4. The van der Waals surface area contributed by atoms with Crippen molar-refractivity contribution in [1.29, 1.82) is 0 Å². The van der Waals surface area contributed by atoms with Crippen LogP contribution in [0, 0.1) is 0 Å². The molecular weight excluding hydrogens is 300 g/mol. The van der Waals surface area contributed by atoms with Gasteiger partial charge in [-0.05, 0) is 24.1 Å². The number of carbonyl (C=O) groups excluding carboxylic acids is 1. The Morgan fingerprint density at radius 3 is 2.61 bits per heavy atom. The molecule has 2 N–H and O–H groups in total. The third kappa shape index (κ3) is 3.51. The number of carboxylic acid groups (broad SMARTS) is 1. The van der Waals surface area contributed by atoms with E-state index in [-0.39, 0.29) is 12.4 Å². The summed E-state index contributed by atoms with van der Waals surface area (Å²) in [6.07, 6.45) is 2.32. The monoisotopic (exact) mass is 312 g/mol. The van der Waals surface area contributed by atoms with Gasteiger partial charge < -0.3 is 10.2 Å². The van der Waals surface area contributed by atoms with Crippen LogP contribution in [0.15, 0.2) is 24.3 Å². The maximum atomic E-state index is 12.1. The molecule has 0 saturated heterocycles. The lowest BCUT2D eigenvalue weighted by atomic mass is 9.96. The van der Waals surface area contributed by atoms with Crippen LogP contribution in [0.3, 0.4) is 0 Å². The van der Waals surface area contributed by atoms with E-state index in [1.807, 2.05) is 0 Å². The van der Waals surface area contributed by atoms with Gasteiger partial charge in [-0.15, -0.1) is 0 Å². The fourth-order valence-electron chi connectivity index (χ4n) is 1.55. The number of aliphatic hydroxyl groups excluding tert-OH is 1. The fourth-order valence-corrected chi connectivity index (χ4v) is 1.78. The maximum Gasteiger partial charge on any atom is 0.328 e. The molecule has 0 aromatic heterocycles. The van der Waals surface area contributed by atoms with Crippen molar-refractivity contribution in [3.8, 4) is 0 Å². The summed E-state index contributed by atoms with van der Waals surface area (Å²) in [4.78, 5) is 22.2. The van der Waals surface area contributed by atoms with Crippen LogP contribution >= 0.6 is 15.9 Å². The SMILES string of the molecule is CC(Br)C(=O)c1c(C=CC(=O)O)cccc1CO. The van der Waals surface area contributed by atoms with E-state index in [9.17, 15) is 14.7 Å². The minimum atomic E-state index is -1.09. The topological polar surface area (TPSA) is 74.6 Å². The van der Waals surface area contributed by atoms with Gasteiger partial charge in [-0.25, -0.2) is 4.79 Å². The number of rotatable bonds is 5. The Morgan fingerprint density at radius 1 is 1.44 bits per heavy atom. The van der Waals surface area contributed by atoms with E-state index in [0.29, 0.717) is 16.7 Å². The quantitative estimate of drug-likeness (QED) is 0.497. The van der Waals surface area contributed by atoms with Crippen molar-refractivity contribution in [3.63, 3.8) is 0 Å². The molecule has 1 rings (SSSR count). The predicted molar refractivity (Wildman–Crippen MR) is 71.8 cm³/mol. The first-order valence-corrected chi connectivity index (χ1v) is 6.21. The number of hydrogen-bond donors (Lipinski definition) is 2. The molecule has 4 nitrogen and oxygen atoms in total. The lowest BCUT2D eigenvalue weighted by molar-refractivity contribution is -0.131. The Kier molecular flexibility index (Phi) is 5.25. The number of Topliss-reactive ketones (excluding diaryl/α,β-unsaturated/α-hetero) is 1. The van der Waals surface area contributed by atoms with Gasteiger partial charge in [-0.2, -0.15) is 0 Å². The average molecular weight is 313 g/mol.